The highest BCUT2D eigenvalue weighted by Gasteiger charge is 2.17. The van der Waals surface area contributed by atoms with Gasteiger partial charge in [0.05, 0.1) is 12.2 Å². The zero-order chi connectivity index (χ0) is 16.8. The fourth-order valence-corrected chi connectivity index (χ4v) is 2.72. The van der Waals surface area contributed by atoms with Crippen molar-refractivity contribution in [1.29, 1.82) is 0 Å². The third kappa shape index (κ3) is 4.20. The highest BCUT2D eigenvalue weighted by Crippen LogP contribution is 2.16. The third-order valence-corrected chi connectivity index (χ3v) is 3.89. The predicted octanol–water partition coefficient (Wildman–Crippen LogP) is 4.51. The SMILES string of the molecule is O=C(c1ccccn1)N(Cc1cccc(Br)c1)Nc1ccccc1. The van der Waals surface area contributed by atoms with Crippen molar-refractivity contribution in [1.82, 2.24) is 9.99 Å². The van der Waals surface area contributed by atoms with E-state index in [1.807, 2.05) is 54.6 Å². The maximum absolute atomic E-state index is 12.8. The normalized spacial score (nSPS) is 10.2. The molecule has 0 aliphatic heterocycles. The van der Waals surface area contributed by atoms with E-state index in [9.17, 15) is 4.79 Å². The second kappa shape index (κ2) is 7.75. The summed E-state index contributed by atoms with van der Waals surface area (Å²) in [7, 11) is 0. The van der Waals surface area contributed by atoms with Crippen LogP contribution in [0.1, 0.15) is 16.1 Å². The van der Waals surface area contributed by atoms with Crippen LogP contribution in [-0.2, 0) is 6.54 Å². The van der Waals surface area contributed by atoms with Crippen molar-refractivity contribution in [3.63, 3.8) is 0 Å². The van der Waals surface area contributed by atoms with Crippen LogP contribution >= 0.6 is 15.9 Å². The number of amides is 1. The number of hydrazine groups is 1. The number of hydrogen-bond acceptors (Lipinski definition) is 3. The smallest absolute Gasteiger partial charge is 0.291 e. The van der Waals surface area contributed by atoms with E-state index >= 15 is 0 Å². The van der Waals surface area contributed by atoms with E-state index < -0.39 is 0 Å². The van der Waals surface area contributed by atoms with Crippen LogP contribution in [0.5, 0.6) is 0 Å². The summed E-state index contributed by atoms with van der Waals surface area (Å²) in [5, 5.41) is 1.57. The zero-order valence-electron chi connectivity index (χ0n) is 12.9. The standard InChI is InChI=1S/C19H16BrN3O/c20-16-8-6-7-15(13-16)14-23(22-17-9-2-1-3-10-17)19(24)18-11-4-5-12-21-18/h1-13,22H,14H2. The van der Waals surface area contributed by atoms with Gasteiger partial charge in [0.2, 0.25) is 0 Å². The summed E-state index contributed by atoms with van der Waals surface area (Å²) in [4.78, 5) is 17.0. The number of halogens is 1. The van der Waals surface area contributed by atoms with E-state index in [4.69, 9.17) is 0 Å². The van der Waals surface area contributed by atoms with Crippen LogP contribution in [-0.4, -0.2) is 15.9 Å². The summed E-state index contributed by atoms with van der Waals surface area (Å²) in [5.74, 6) is -0.181. The Morgan fingerprint density at radius 1 is 1.00 bits per heavy atom. The van der Waals surface area contributed by atoms with Crippen molar-refractivity contribution in [2.75, 3.05) is 5.43 Å². The lowest BCUT2D eigenvalue weighted by Crippen LogP contribution is -2.36. The Labute approximate surface area is 149 Å². The summed E-state index contributed by atoms with van der Waals surface area (Å²) < 4.78 is 0.977. The molecule has 1 N–H and O–H groups in total. The molecule has 0 unspecified atom stereocenters. The minimum Gasteiger partial charge on any atom is -0.295 e. The van der Waals surface area contributed by atoms with E-state index in [0.29, 0.717) is 12.2 Å². The molecule has 0 aliphatic carbocycles. The first-order chi connectivity index (χ1) is 11.7. The van der Waals surface area contributed by atoms with Gasteiger partial charge in [0.1, 0.15) is 5.69 Å². The van der Waals surface area contributed by atoms with E-state index in [1.165, 1.54) is 0 Å². The average Bonchev–Trinajstić information content (AvgIpc) is 2.62. The lowest BCUT2D eigenvalue weighted by atomic mass is 10.2. The molecule has 4 nitrogen and oxygen atoms in total. The van der Waals surface area contributed by atoms with Crippen molar-refractivity contribution >= 4 is 27.5 Å². The number of para-hydroxylation sites is 1. The van der Waals surface area contributed by atoms with E-state index in [-0.39, 0.29) is 5.91 Å². The number of benzene rings is 2. The number of aromatic nitrogens is 1. The van der Waals surface area contributed by atoms with Gasteiger partial charge in [-0.05, 0) is 42.0 Å². The molecule has 120 valence electrons. The molecular weight excluding hydrogens is 366 g/mol. The van der Waals surface area contributed by atoms with Gasteiger partial charge in [-0.1, -0.05) is 52.3 Å². The maximum atomic E-state index is 12.8. The van der Waals surface area contributed by atoms with Gasteiger partial charge in [0.25, 0.3) is 5.91 Å². The number of carbonyl (C=O) groups excluding carboxylic acids is 1. The highest BCUT2D eigenvalue weighted by molar-refractivity contribution is 9.10. The molecule has 0 spiro atoms. The monoisotopic (exact) mass is 381 g/mol. The van der Waals surface area contributed by atoms with E-state index in [0.717, 1.165) is 15.7 Å². The minimum atomic E-state index is -0.181. The first kappa shape index (κ1) is 16.2. The molecule has 24 heavy (non-hydrogen) atoms. The third-order valence-electron chi connectivity index (χ3n) is 3.40. The number of nitrogens with one attached hydrogen (secondary N) is 1. The van der Waals surface area contributed by atoms with Crippen molar-refractivity contribution in [3.05, 3.63) is 94.7 Å². The number of carbonyl (C=O) groups is 1. The number of pyridine rings is 1. The number of anilines is 1. The van der Waals surface area contributed by atoms with Crippen molar-refractivity contribution in [2.45, 2.75) is 6.54 Å². The molecule has 0 aliphatic rings. The first-order valence-electron chi connectivity index (χ1n) is 7.51. The second-order valence-corrected chi connectivity index (χ2v) is 6.13. The molecule has 0 saturated heterocycles. The van der Waals surface area contributed by atoms with Gasteiger partial charge >= 0.3 is 0 Å². The van der Waals surface area contributed by atoms with Crippen LogP contribution < -0.4 is 5.43 Å². The lowest BCUT2D eigenvalue weighted by molar-refractivity contribution is 0.0777. The molecule has 0 fully saturated rings. The topological polar surface area (TPSA) is 45.2 Å². The van der Waals surface area contributed by atoms with Crippen LogP contribution in [0.25, 0.3) is 0 Å². The quantitative estimate of drug-likeness (QED) is 0.661. The van der Waals surface area contributed by atoms with Gasteiger partial charge in [-0.2, -0.15) is 0 Å². The molecule has 0 saturated carbocycles. The Morgan fingerprint density at radius 2 is 1.79 bits per heavy atom. The number of nitrogens with zero attached hydrogens (tertiary/aromatic N) is 2. The summed E-state index contributed by atoms with van der Waals surface area (Å²) in [6, 6.07) is 22.8. The number of rotatable bonds is 5. The Morgan fingerprint density at radius 3 is 2.50 bits per heavy atom. The maximum Gasteiger partial charge on any atom is 0.291 e. The largest absolute Gasteiger partial charge is 0.295 e. The molecule has 0 atom stereocenters. The fourth-order valence-electron chi connectivity index (χ4n) is 2.28. The van der Waals surface area contributed by atoms with Crippen LogP contribution in [0, 0.1) is 0 Å². The minimum absolute atomic E-state index is 0.181. The van der Waals surface area contributed by atoms with Crippen molar-refractivity contribution in [2.24, 2.45) is 0 Å². The molecule has 0 radical (unpaired) electrons. The molecule has 1 heterocycles. The molecule has 2 aromatic carbocycles. The predicted molar refractivity (Wildman–Crippen MR) is 98.3 cm³/mol. The summed E-state index contributed by atoms with van der Waals surface area (Å²) in [6.45, 7) is 0.420. The molecule has 1 amide bonds. The summed E-state index contributed by atoms with van der Waals surface area (Å²) in [5.41, 5.74) is 5.43. The Hall–Kier alpha value is -2.66. The first-order valence-corrected chi connectivity index (χ1v) is 8.31. The Bertz CT molecular complexity index is 809. The Kier molecular flexibility index (Phi) is 5.23. The van der Waals surface area contributed by atoms with Gasteiger partial charge in [-0.3, -0.25) is 15.2 Å². The van der Waals surface area contributed by atoms with Gasteiger partial charge in [0.15, 0.2) is 0 Å². The highest BCUT2D eigenvalue weighted by atomic mass is 79.9. The van der Waals surface area contributed by atoms with Crippen LogP contribution in [0.2, 0.25) is 0 Å². The fraction of sp³-hybridized carbons (Fsp3) is 0.0526. The molecular formula is C19H16BrN3O. The van der Waals surface area contributed by atoms with E-state index in [1.54, 1.807) is 29.4 Å². The van der Waals surface area contributed by atoms with Crippen LogP contribution in [0.15, 0.2) is 83.5 Å². The lowest BCUT2D eigenvalue weighted by Gasteiger charge is -2.24. The van der Waals surface area contributed by atoms with Gasteiger partial charge < -0.3 is 0 Å². The Balaban J connectivity index is 1.87. The molecule has 3 rings (SSSR count). The summed E-state index contributed by atoms with van der Waals surface area (Å²) >= 11 is 3.46. The van der Waals surface area contributed by atoms with Gasteiger partial charge in [-0.15, -0.1) is 0 Å². The van der Waals surface area contributed by atoms with Crippen LogP contribution in [0.4, 0.5) is 5.69 Å². The summed E-state index contributed by atoms with van der Waals surface area (Å²) in [6.07, 6.45) is 1.62. The molecule has 3 aromatic rings. The second-order valence-electron chi connectivity index (χ2n) is 5.21. The van der Waals surface area contributed by atoms with Crippen molar-refractivity contribution in [3.8, 4) is 0 Å². The average molecular weight is 382 g/mol. The van der Waals surface area contributed by atoms with Crippen LogP contribution in [0.3, 0.4) is 0 Å². The van der Waals surface area contributed by atoms with E-state index in [2.05, 4.69) is 26.3 Å². The van der Waals surface area contributed by atoms with Gasteiger partial charge in [0, 0.05) is 10.7 Å². The number of hydrogen-bond donors (Lipinski definition) is 1. The molecule has 1 aromatic heterocycles. The zero-order valence-corrected chi connectivity index (χ0v) is 14.5. The molecule has 5 heteroatoms. The van der Waals surface area contributed by atoms with Gasteiger partial charge in [-0.25, -0.2) is 5.01 Å². The van der Waals surface area contributed by atoms with Crippen molar-refractivity contribution < 1.29 is 4.79 Å². The molecule has 0 bridgehead atoms.